The molecule has 0 saturated heterocycles. The van der Waals surface area contributed by atoms with Gasteiger partial charge in [-0.2, -0.15) is 0 Å². The summed E-state index contributed by atoms with van der Waals surface area (Å²) < 4.78 is 0.995. The third kappa shape index (κ3) is 3.37. The maximum absolute atomic E-state index is 13.2. The Kier molecular flexibility index (Phi) is 4.50. The summed E-state index contributed by atoms with van der Waals surface area (Å²) >= 11 is 3.44. The summed E-state index contributed by atoms with van der Waals surface area (Å²) in [6.45, 7) is 0. The molecule has 126 valence electrons. The number of ketones is 1. The standard InChI is InChI=1S/C22H15BrN2O/c23-17-12-10-15(11-13-17)14-18(21(26)16-6-2-1-3-7-16)22-24-19-8-4-5-9-20(19)25-22/h1-14H,(H,24,25)/b18-14-. The number of nitrogens with one attached hydrogen (secondary N) is 1. The summed E-state index contributed by atoms with van der Waals surface area (Å²) in [7, 11) is 0. The van der Waals surface area contributed by atoms with Crippen LogP contribution in [0, 0.1) is 0 Å². The van der Waals surface area contributed by atoms with Crippen LogP contribution in [-0.2, 0) is 0 Å². The van der Waals surface area contributed by atoms with Crippen molar-refractivity contribution in [1.82, 2.24) is 9.97 Å². The zero-order valence-electron chi connectivity index (χ0n) is 13.8. The number of rotatable bonds is 4. The molecule has 3 nitrogen and oxygen atoms in total. The van der Waals surface area contributed by atoms with Crippen molar-refractivity contribution in [3.05, 3.63) is 100 Å². The van der Waals surface area contributed by atoms with Crippen LogP contribution in [0.25, 0.3) is 22.7 Å². The lowest BCUT2D eigenvalue weighted by Gasteiger charge is -2.05. The summed E-state index contributed by atoms with van der Waals surface area (Å²) in [6.07, 6.45) is 1.87. The van der Waals surface area contributed by atoms with Crippen molar-refractivity contribution in [3.63, 3.8) is 0 Å². The fourth-order valence-electron chi connectivity index (χ4n) is 2.79. The fourth-order valence-corrected chi connectivity index (χ4v) is 3.06. The van der Waals surface area contributed by atoms with E-state index in [1.165, 1.54) is 0 Å². The molecular weight excluding hydrogens is 388 g/mol. The van der Waals surface area contributed by atoms with Crippen molar-refractivity contribution in [2.24, 2.45) is 0 Å². The molecule has 0 atom stereocenters. The Balaban J connectivity index is 1.85. The molecule has 0 amide bonds. The molecule has 0 spiro atoms. The minimum Gasteiger partial charge on any atom is -0.338 e. The molecule has 1 aromatic heterocycles. The SMILES string of the molecule is O=C(/C(=C/c1ccc(Br)cc1)c1nc2ccccc2[nH]1)c1ccccc1. The van der Waals surface area contributed by atoms with Crippen molar-refractivity contribution in [2.75, 3.05) is 0 Å². The van der Waals surface area contributed by atoms with E-state index in [-0.39, 0.29) is 5.78 Å². The first kappa shape index (κ1) is 16.5. The highest BCUT2D eigenvalue weighted by Crippen LogP contribution is 2.24. The second kappa shape index (κ2) is 7.10. The fraction of sp³-hybridized carbons (Fsp3) is 0. The molecule has 4 aromatic rings. The number of halogens is 1. The third-order valence-corrected chi connectivity index (χ3v) is 4.63. The first-order valence-corrected chi connectivity index (χ1v) is 9.02. The first-order chi connectivity index (χ1) is 12.7. The van der Waals surface area contributed by atoms with Gasteiger partial charge >= 0.3 is 0 Å². The van der Waals surface area contributed by atoms with E-state index in [4.69, 9.17) is 0 Å². The molecule has 0 aliphatic rings. The third-order valence-electron chi connectivity index (χ3n) is 4.11. The number of hydrogen-bond acceptors (Lipinski definition) is 2. The number of Topliss-reactive ketones (excluding diaryl/α,β-unsaturated/α-hetero) is 1. The van der Waals surface area contributed by atoms with Gasteiger partial charge in [0.05, 0.1) is 16.6 Å². The van der Waals surface area contributed by atoms with Crippen LogP contribution in [0.5, 0.6) is 0 Å². The van der Waals surface area contributed by atoms with Crippen LogP contribution in [-0.4, -0.2) is 15.8 Å². The van der Waals surface area contributed by atoms with Crippen molar-refractivity contribution < 1.29 is 4.79 Å². The van der Waals surface area contributed by atoms with E-state index in [0.717, 1.165) is 21.1 Å². The summed E-state index contributed by atoms with van der Waals surface area (Å²) in [4.78, 5) is 21.0. The summed E-state index contributed by atoms with van der Waals surface area (Å²) in [5.74, 6) is 0.510. The normalized spacial score (nSPS) is 11.7. The molecule has 1 N–H and O–H groups in total. The van der Waals surface area contributed by atoms with Gasteiger partial charge in [0.25, 0.3) is 0 Å². The highest BCUT2D eigenvalue weighted by Gasteiger charge is 2.18. The highest BCUT2D eigenvalue weighted by atomic mass is 79.9. The van der Waals surface area contributed by atoms with Crippen LogP contribution in [0.4, 0.5) is 0 Å². The number of fused-ring (bicyclic) bond motifs is 1. The van der Waals surface area contributed by atoms with Crippen molar-refractivity contribution in [2.45, 2.75) is 0 Å². The van der Waals surface area contributed by atoms with Gasteiger partial charge < -0.3 is 4.98 Å². The average Bonchev–Trinajstić information content (AvgIpc) is 3.11. The molecule has 0 fully saturated rings. The zero-order valence-corrected chi connectivity index (χ0v) is 15.4. The summed E-state index contributed by atoms with van der Waals surface area (Å²) in [5, 5.41) is 0. The Bertz CT molecular complexity index is 1060. The van der Waals surface area contributed by atoms with Gasteiger partial charge in [0.15, 0.2) is 5.78 Å². The Labute approximate surface area is 159 Å². The number of benzene rings is 3. The lowest BCUT2D eigenvalue weighted by Crippen LogP contribution is -2.04. The number of para-hydroxylation sites is 2. The Morgan fingerprint density at radius 3 is 2.31 bits per heavy atom. The smallest absolute Gasteiger partial charge is 0.196 e. The van der Waals surface area contributed by atoms with Crippen molar-refractivity contribution in [3.8, 4) is 0 Å². The number of H-pyrrole nitrogens is 1. The van der Waals surface area contributed by atoms with Gasteiger partial charge in [-0.05, 0) is 35.9 Å². The minimum atomic E-state index is -0.0624. The van der Waals surface area contributed by atoms with Gasteiger partial charge in [0.1, 0.15) is 5.82 Å². The number of imidazole rings is 1. The second-order valence-electron chi connectivity index (χ2n) is 5.91. The molecule has 1 heterocycles. The van der Waals surface area contributed by atoms with E-state index in [1.807, 2.05) is 84.9 Å². The van der Waals surface area contributed by atoms with Crippen LogP contribution in [0.15, 0.2) is 83.3 Å². The molecular formula is C22H15BrN2O. The van der Waals surface area contributed by atoms with Crippen molar-refractivity contribution in [1.29, 1.82) is 0 Å². The number of carbonyl (C=O) groups is 1. The number of aromatic nitrogens is 2. The van der Waals surface area contributed by atoms with E-state index in [0.29, 0.717) is 17.0 Å². The van der Waals surface area contributed by atoms with E-state index in [2.05, 4.69) is 25.9 Å². The molecule has 3 aromatic carbocycles. The lowest BCUT2D eigenvalue weighted by atomic mass is 10.0. The van der Waals surface area contributed by atoms with E-state index in [9.17, 15) is 4.79 Å². The molecule has 0 saturated carbocycles. The Hall–Kier alpha value is -2.98. The Morgan fingerprint density at radius 2 is 1.58 bits per heavy atom. The summed E-state index contributed by atoms with van der Waals surface area (Å²) in [5.41, 5.74) is 3.86. The van der Waals surface area contributed by atoms with Gasteiger partial charge in [0.2, 0.25) is 0 Å². The van der Waals surface area contributed by atoms with Crippen LogP contribution < -0.4 is 0 Å². The second-order valence-corrected chi connectivity index (χ2v) is 6.82. The molecule has 26 heavy (non-hydrogen) atoms. The van der Waals surface area contributed by atoms with Crippen LogP contribution in [0.2, 0.25) is 0 Å². The number of aromatic amines is 1. The van der Waals surface area contributed by atoms with E-state index in [1.54, 1.807) is 0 Å². The average molecular weight is 403 g/mol. The predicted octanol–water partition coefficient (Wildman–Crippen LogP) is 5.75. The summed E-state index contributed by atoms with van der Waals surface area (Å²) in [6, 6.07) is 24.9. The topological polar surface area (TPSA) is 45.8 Å². The van der Waals surface area contributed by atoms with E-state index < -0.39 is 0 Å². The number of hydrogen-bond donors (Lipinski definition) is 1. The molecule has 0 bridgehead atoms. The molecule has 0 unspecified atom stereocenters. The molecule has 0 aliphatic carbocycles. The molecule has 0 radical (unpaired) electrons. The maximum atomic E-state index is 13.2. The molecule has 4 rings (SSSR count). The van der Waals surface area contributed by atoms with Crippen molar-refractivity contribution >= 4 is 44.4 Å². The largest absolute Gasteiger partial charge is 0.338 e. The number of nitrogens with zero attached hydrogens (tertiary/aromatic N) is 1. The van der Waals surface area contributed by atoms with Crippen LogP contribution in [0.3, 0.4) is 0 Å². The highest BCUT2D eigenvalue weighted by molar-refractivity contribution is 9.10. The van der Waals surface area contributed by atoms with E-state index >= 15 is 0 Å². The minimum absolute atomic E-state index is 0.0624. The Morgan fingerprint density at radius 1 is 0.885 bits per heavy atom. The number of allylic oxidation sites excluding steroid dienone is 1. The number of carbonyl (C=O) groups excluding carboxylic acids is 1. The van der Waals surface area contributed by atoms with Gasteiger partial charge in [-0.3, -0.25) is 4.79 Å². The molecule has 0 aliphatic heterocycles. The van der Waals surface area contributed by atoms with Gasteiger partial charge in [-0.1, -0.05) is 70.5 Å². The van der Waals surface area contributed by atoms with Gasteiger partial charge in [-0.25, -0.2) is 4.98 Å². The maximum Gasteiger partial charge on any atom is 0.196 e. The zero-order chi connectivity index (χ0) is 17.9. The molecule has 4 heteroatoms. The van der Waals surface area contributed by atoms with Gasteiger partial charge in [0, 0.05) is 10.0 Å². The van der Waals surface area contributed by atoms with Crippen LogP contribution in [0.1, 0.15) is 21.7 Å². The lowest BCUT2D eigenvalue weighted by molar-refractivity contribution is 0.105. The quantitative estimate of drug-likeness (QED) is 0.348. The monoisotopic (exact) mass is 402 g/mol. The van der Waals surface area contributed by atoms with Crippen LogP contribution >= 0.6 is 15.9 Å². The van der Waals surface area contributed by atoms with Gasteiger partial charge in [-0.15, -0.1) is 0 Å². The first-order valence-electron chi connectivity index (χ1n) is 8.23. The predicted molar refractivity (Wildman–Crippen MR) is 109 cm³/mol.